The third-order valence-electron chi connectivity index (χ3n) is 3.76. The number of benzene rings is 2. The first-order valence-electron chi connectivity index (χ1n) is 7.97. The first-order valence-corrected chi connectivity index (χ1v) is 7.97. The highest BCUT2D eigenvalue weighted by Gasteiger charge is 2.37. The van der Waals surface area contributed by atoms with Crippen LogP contribution in [0, 0.1) is 0 Å². The number of carbonyl (C=O) groups is 1. The Morgan fingerprint density at radius 1 is 0.931 bits per heavy atom. The number of hydrogen-bond acceptors (Lipinski definition) is 3. The molecule has 0 saturated carbocycles. The summed E-state index contributed by atoms with van der Waals surface area (Å²) in [6.07, 6.45) is -5.95. The molecule has 0 heterocycles. The summed E-state index contributed by atoms with van der Waals surface area (Å²) < 4.78 is 82.2. The Balaban J connectivity index is 2.25. The summed E-state index contributed by atoms with van der Waals surface area (Å²) in [7, 11) is 1.33. The van der Waals surface area contributed by atoms with Crippen molar-refractivity contribution in [2.45, 2.75) is 12.4 Å². The molecule has 3 nitrogen and oxygen atoms in total. The molecule has 0 radical (unpaired) electrons. The fourth-order valence-electron chi connectivity index (χ4n) is 2.33. The van der Waals surface area contributed by atoms with E-state index in [9.17, 15) is 36.2 Å². The largest absolute Gasteiger partial charge is 0.504 e. The summed E-state index contributed by atoms with van der Waals surface area (Å²) in [5, 5.41) is 9.49. The van der Waals surface area contributed by atoms with Gasteiger partial charge >= 0.3 is 12.4 Å². The molecule has 2 rings (SSSR count). The standard InChI is InChI=1S/C20H14F6O3/c1-29-18-10-12(3-9-17(18)28)2-7-15(27)8-5-13-4-6-14(19(21,22)23)11-16(13)20(24,25)26/h2-11,28H,1H3/b7-2+,8-5+. The second-order valence-electron chi connectivity index (χ2n) is 5.80. The number of ether oxygens (including phenoxy) is 1. The van der Waals surface area contributed by atoms with E-state index in [0.717, 1.165) is 18.2 Å². The van der Waals surface area contributed by atoms with Crippen LogP contribution in [0.3, 0.4) is 0 Å². The number of hydrogen-bond donors (Lipinski definition) is 1. The second kappa shape index (κ2) is 8.42. The van der Waals surface area contributed by atoms with Gasteiger partial charge in [0, 0.05) is 0 Å². The molecule has 0 spiro atoms. The summed E-state index contributed by atoms with van der Waals surface area (Å²) in [5.74, 6) is -0.641. The number of phenolic OH excluding ortho intramolecular Hbond substituents is 1. The summed E-state index contributed by atoms with van der Waals surface area (Å²) in [4.78, 5) is 11.9. The number of carbonyl (C=O) groups excluding carboxylic acids is 1. The zero-order valence-corrected chi connectivity index (χ0v) is 14.8. The van der Waals surface area contributed by atoms with E-state index in [1.54, 1.807) is 0 Å². The molecule has 29 heavy (non-hydrogen) atoms. The van der Waals surface area contributed by atoms with E-state index >= 15 is 0 Å². The van der Waals surface area contributed by atoms with E-state index in [4.69, 9.17) is 4.74 Å². The Bertz CT molecular complexity index is 956. The third kappa shape index (κ3) is 5.87. The number of phenols is 1. The summed E-state index contributed by atoms with van der Waals surface area (Å²) in [6, 6.07) is 5.41. The van der Waals surface area contributed by atoms with Crippen LogP contribution in [0.25, 0.3) is 12.2 Å². The number of alkyl halides is 6. The molecule has 0 amide bonds. The minimum absolute atomic E-state index is 0.00269. The first-order chi connectivity index (χ1) is 13.4. The van der Waals surface area contributed by atoms with Crippen LogP contribution < -0.4 is 4.74 Å². The minimum atomic E-state index is -5.03. The molecule has 0 bridgehead atoms. The Labute approximate surface area is 161 Å². The van der Waals surface area contributed by atoms with E-state index in [1.165, 1.54) is 31.4 Å². The van der Waals surface area contributed by atoms with Gasteiger partial charge in [-0.25, -0.2) is 0 Å². The molecule has 0 aliphatic carbocycles. The Morgan fingerprint density at radius 3 is 2.17 bits per heavy atom. The van der Waals surface area contributed by atoms with Gasteiger partial charge in [0.05, 0.1) is 18.2 Å². The lowest BCUT2D eigenvalue weighted by Crippen LogP contribution is -2.12. The molecule has 0 saturated heterocycles. The van der Waals surface area contributed by atoms with E-state index in [0.29, 0.717) is 17.7 Å². The van der Waals surface area contributed by atoms with Gasteiger partial charge in [0.2, 0.25) is 0 Å². The average molecular weight is 416 g/mol. The average Bonchev–Trinajstić information content (AvgIpc) is 2.64. The van der Waals surface area contributed by atoms with Crippen molar-refractivity contribution in [3.05, 3.63) is 70.8 Å². The molecule has 0 fully saturated rings. The van der Waals surface area contributed by atoms with Crippen molar-refractivity contribution in [3.8, 4) is 11.5 Å². The van der Waals surface area contributed by atoms with Crippen LogP contribution in [-0.4, -0.2) is 18.0 Å². The first kappa shape index (κ1) is 22.1. The molecule has 1 N–H and O–H groups in total. The number of methoxy groups -OCH3 is 1. The van der Waals surface area contributed by atoms with Gasteiger partial charge in [0.15, 0.2) is 17.3 Å². The van der Waals surface area contributed by atoms with E-state index in [-0.39, 0.29) is 17.6 Å². The smallest absolute Gasteiger partial charge is 0.417 e. The van der Waals surface area contributed by atoms with Crippen molar-refractivity contribution >= 4 is 17.9 Å². The van der Waals surface area contributed by atoms with Crippen LogP contribution in [0.15, 0.2) is 48.6 Å². The topological polar surface area (TPSA) is 46.5 Å². The molecule has 0 atom stereocenters. The van der Waals surface area contributed by atoms with Crippen molar-refractivity contribution in [3.63, 3.8) is 0 Å². The Hall–Kier alpha value is -3.23. The van der Waals surface area contributed by atoms with Gasteiger partial charge in [0.25, 0.3) is 0 Å². The van der Waals surface area contributed by atoms with Gasteiger partial charge < -0.3 is 9.84 Å². The second-order valence-corrected chi connectivity index (χ2v) is 5.80. The number of aromatic hydroxyl groups is 1. The van der Waals surface area contributed by atoms with Gasteiger partial charge in [-0.05, 0) is 47.5 Å². The highest BCUT2D eigenvalue weighted by atomic mass is 19.4. The maximum atomic E-state index is 13.1. The SMILES string of the molecule is COc1cc(/C=C/C(=O)/C=C/c2ccc(C(F)(F)F)cc2C(F)(F)F)ccc1O. The van der Waals surface area contributed by atoms with Crippen LogP contribution in [0.2, 0.25) is 0 Å². The van der Waals surface area contributed by atoms with E-state index in [1.807, 2.05) is 0 Å². The van der Waals surface area contributed by atoms with Crippen molar-refractivity contribution in [1.82, 2.24) is 0 Å². The van der Waals surface area contributed by atoms with Gasteiger partial charge in [-0.15, -0.1) is 0 Å². The van der Waals surface area contributed by atoms with E-state index < -0.39 is 34.8 Å². The predicted octanol–water partition coefficient (Wildman–Crippen LogP) is 5.73. The number of rotatable bonds is 5. The number of allylic oxidation sites excluding steroid dienone is 2. The van der Waals surface area contributed by atoms with Gasteiger partial charge in [-0.3, -0.25) is 4.79 Å². The van der Waals surface area contributed by atoms with Gasteiger partial charge in [0.1, 0.15) is 0 Å². The summed E-state index contributed by atoms with van der Waals surface area (Å²) in [6.45, 7) is 0. The fourth-order valence-corrected chi connectivity index (χ4v) is 2.33. The summed E-state index contributed by atoms with van der Waals surface area (Å²) in [5.41, 5.74) is -3.02. The minimum Gasteiger partial charge on any atom is -0.504 e. The van der Waals surface area contributed by atoms with Gasteiger partial charge in [-0.2, -0.15) is 26.3 Å². The van der Waals surface area contributed by atoms with Crippen LogP contribution in [0.4, 0.5) is 26.3 Å². The number of halogens is 6. The van der Waals surface area contributed by atoms with Crippen LogP contribution in [0.5, 0.6) is 11.5 Å². The lowest BCUT2D eigenvalue weighted by molar-refractivity contribution is -0.143. The summed E-state index contributed by atoms with van der Waals surface area (Å²) >= 11 is 0. The quantitative estimate of drug-likeness (QED) is 0.500. The Morgan fingerprint density at radius 2 is 1.59 bits per heavy atom. The monoisotopic (exact) mass is 416 g/mol. The molecule has 2 aromatic carbocycles. The lowest BCUT2D eigenvalue weighted by Gasteiger charge is -2.14. The predicted molar refractivity (Wildman–Crippen MR) is 94.2 cm³/mol. The van der Waals surface area contributed by atoms with Crippen LogP contribution in [0.1, 0.15) is 22.3 Å². The van der Waals surface area contributed by atoms with Crippen molar-refractivity contribution in [1.29, 1.82) is 0 Å². The molecule has 2 aromatic rings. The normalized spacial score (nSPS) is 12.7. The molecular formula is C20H14F6O3. The lowest BCUT2D eigenvalue weighted by atomic mass is 10.0. The van der Waals surface area contributed by atoms with Crippen molar-refractivity contribution in [2.75, 3.05) is 7.11 Å². The molecule has 0 aromatic heterocycles. The number of ketones is 1. The van der Waals surface area contributed by atoms with Crippen molar-refractivity contribution < 1.29 is 41.0 Å². The van der Waals surface area contributed by atoms with Crippen LogP contribution in [-0.2, 0) is 17.1 Å². The molecular weight excluding hydrogens is 402 g/mol. The molecule has 0 aliphatic heterocycles. The Kier molecular flexibility index (Phi) is 6.41. The third-order valence-corrected chi connectivity index (χ3v) is 3.76. The molecule has 154 valence electrons. The van der Waals surface area contributed by atoms with E-state index in [2.05, 4.69) is 0 Å². The zero-order chi connectivity index (χ0) is 21.8. The highest BCUT2D eigenvalue weighted by molar-refractivity contribution is 6.04. The maximum absolute atomic E-state index is 13.1. The molecule has 0 aliphatic rings. The zero-order valence-electron chi connectivity index (χ0n) is 14.8. The van der Waals surface area contributed by atoms with Crippen molar-refractivity contribution in [2.24, 2.45) is 0 Å². The van der Waals surface area contributed by atoms with Crippen LogP contribution >= 0.6 is 0 Å². The maximum Gasteiger partial charge on any atom is 0.417 e. The molecule has 9 heteroatoms. The highest BCUT2D eigenvalue weighted by Crippen LogP contribution is 2.37. The fraction of sp³-hybridized carbons (Fsp3) is 0.150. The molecule has 0 unspecified atom stereocenters. The van der Waals surface area contributed by atoms with Gasteiger partial charge in [-0.1, -0.05) is 24.3 Å².